The highest BCUT2D eigenvalue weighted by Crippen LogP contribution is 2.44. The van der Waals surface area contributed by atoms with Crippen molar-refractivity contribution in [3.8, 4) is 0 Å². The molecule has 4 aliphatic rings. The van der Waals surface area contributed by atoms with Crippen molar-refractivity contribution in [1.29, 1.82) is 0 Å². The first-order chi connectivity index (χ1) is 15.6. The molecule has 182 valence electrons. The average Bonchev–Trinajstić information content (AvgIpc) is 3.31. The molecule has 3 aliphatic heterocycles. The molecular formula is C26H42O6. The molecule has 0 N–H and O–H groups in total. The molecule has 0 aromatic heterocycles. The third-order valence-corrected chi connectivity index (χ3v) is 7.56. The van der Waals surface area contributed by atoms with Gasteiger partial charge in [0.25, 0.3) is 0 Å². The van der Waals surface area contributed by atoms with Gasteiger partial charge in [0.2, 0.25) is 0 Å². The molecule has 2 unspecified atom stereocenters. The van der Waals surface area contributed by atoms with Gasteiger partial charge in [-0.1, -0.05) is 38.8 Å². The second-order valence-corrected chi connectivity index (χ2v) is 10.1. The van der Waals surface area contributed by atoms with Crippen LogP contribution in [0.3, 0.4) is 0 Å². The molecule has 6 heteroatoms. The van der Waals surface area contributed by atoms with Crippen LogP contribution in [0.25, 0.3) is 0 Å². The van der Waals surface area contributed by atoms with E-state index < -0.39 is 0 Å². The van der Waals surface area contributed by atoms with Crippen molar-refractivity contribution in [2.75, 3.05) is 13.2 Å². The summed E-state index contributed by atoms with van der Waals surface area (Å²) in [7, 11) is 0. The van der Waals surface area contributed by atoms with Crippen LogP contribution < -0.4 is 0 Å². The summed E-state index contributed by atoms with van der Waals surface area (Å²) in [6.07, 6.45) is 15.4. The van der Waals surface area contributed by atoms with Crippen LogP contribution in [0, 0.1) is 17.8 Å². The van der Waals surface area contributed by atoms with E-state index in [9.17, 15) is 4.79 Å². The molecule has 0 radical (unpaired) electrons. The molecular weight excluding hydrogens is 408 g/mol. The van der Waals surface area contributed by atoms with Crippen LogP contribution in [-0.2, 0) is 28.5 Å². The number of hydrogen-bond acceptors (Lipinski definition) is 6. The number of hydrogen-bond donors (Lipinski definition) is 0. The topological polar surface area (TPSA) is 63.2 Å². The average molecular weight is 451 g/mol. The molecule has 0 spiro atoms. The highest BCUT2D eigenvalue weighted by atomic mass is 16.7. The summed E-state index contributed by atoms with van der Waals surface area (Å²) in [5, 5.41) is 0. The smallest absolute Gasteiger partial charge is 0.306 e. The summed E-state index contributed by atoms with van der Waals surface area (Å²) in [5.41, 5.74) is 0. The summed E-state index contributed by atoms with van der Waals surface area (Å²) in [6.45, 7) is 6.06. The maximum atomic E-state index is 12.0. The zero-order chi connectivity index (χ0) is 22.3. The minimum atomic E-state index is -0.134. The fourth-order valence-electron chi connectivity index (χ4n) is 5.61. The van der Waals surface area contributed by atoms with Crippen molar-refractivity contribution in [3.05, 3.63) is 12.2 Å². The minimum Gasteiger partial charge on any atom is -0.462 e. The van der Waals surface area contributed by atoms with E-state index in [1.807, 2.05) is 0 Å². The van der Waals surface area contributed by atoms with E-state index in [0.717, 1.165) is 64.6 Å². The van der Waals surface area contributed by atoms with E-state index in [1.165, 1.54) is 12.8 Å². The first-order valence-corrected chi connectivity index (χ1v) is 13.1. The molecule has 1 aliphatic carbocycles. The number of rotatable bonds is 10. The van der Waals surface area contributed by atoms with Crippen molar-refractivity contribution >= 4 is 5.97 Å². The summed E-state index contributed by atoms with van der Waals surface area (Å²) < 4.78 is 30.2. The highest BCUT2D eigenvalue weighted by Gasteiger charge is 2.50. The molecule has 0 amide bonds. The molecule has 0 bridgehead atoms. The molecule has 4 fully saturated rings. The predicted octanol–water partition coefficient (Wildman–Crippen LogP) is 5.14. The Morgan fingerprint density at radius 2 is 1.84 bits per heavy atom. The Bertz CT molecular complexity index is 609. The molecule has 4 rings (SSSR count). The summed E-state index contributed by atoms with van der Waals surface area (Å²) in [4.78, 5) is 12.0. The van der Waals surface area contributed by atoms with E-state index in [4.69, 9.17) is 23.7 Å². The highest BCUT2D eigenvalue weighted by molar-refractivity contribution is 5.72. The molecule has 32 heavy (non-hydrogen) atoms. The standard InChI is InChI=1S/C26H42O6/c1-3-4-9-18(2)21(31-25-10-5-7-14-28-25)13-12-19-20-16-24(27)30-23(20)17-22(19)32-26-11-6-8-15-29-26/h12-13,18-23,25-26H,3-11,14-17H2,1-2H3/t18-,19-,20-,21+,22-,23+,25?,26?/m1/s1. The van der Waals surface area contributed by atoms with Crippen LogP contribution in [-0.4, -0.2) is 50.1 Å². The number of esters is 1. The van der Waals surface area contributed by atoms with Crippen molar-refractivity contribution < 1.29 is 28.5 Å². The van der Waals surface area contributed by atoms with Gasteiger partial charge >= 0.3 is 5.97 Å². The van der Waals surface area contributed by atoms with Gasteiger partial charge in [0.1, 0.15) is 6.10 Å². The van der Waals surface area contributed by atoms with Gasteiger partial charge in [0.15, 0.2) is 12.6 Å². The number of carbonyl (C=O) groups is 1. The SMILES string of the molecule is CCCC[C@@H](C)[C@H](C=C[C@@H]1[C@H]2CC(=O)O[C@H]2C[C@H]1OC1CCCCO1)OC1CCCCO1. The lowest BCUT2D eigenvalue weighted by Gasteiger charge is -2.31. The van der Waals surface area contributed by atoms with E-state index in [1.54, 1.807) is 0 Å². The van der Waals surface area contributed by atoms with E-state index in [0.29, 0.717) is 12.3 Å². The van der Waals surface area contributed by atoms with Crippen LogP contribution in [0.4, 0.5) is 0 Å². The first kappa shape index (κ1) is 24.2. The molecule has 3 heterocycles. The molecule has 6 nitrogen and oxygen atoms in total. The summed E-state index contributed by atoms with van der Waals surface area (Å²) in [6, 6.07) is 0. The largest absolute Gasteiger partial charge is 0.462 e. The Kier molecular flexibility index (Phi) is 9.04. The van der Waals surface area contributed by atoms with Crippen LogP contribution in [0.15, 0.2) is 12.2 Å². The normalized spacial score (nSPS) is 37.4. The Hall–Kier alpha value is -0.950. The molecule has 0 aromatic rings. The Balaban J connectivity index is 1.45. The van der Waals surface area contributed by atoms with Crippen molar-refractivity contribution in [1.82, 2.24) is 0 Å². The fraction of sp³-hybridized carbons (Fsp3) is 0.885. The third kappa shape index (κ3) is 6.34. The number of fused-ring (bicyclic) bond motifs is 1. The summed E-state index contributed by atoms with van der Waals surface area (Å²) >= 11 is 0. The van der Waals surface area contributed by atoms with Crippen molar-refractivity contribution in [2.24, 2.45) is 17.8 Å². The predicted molar refractivity (Wildman–Crippen MR) is 121 cm³/mol. The molecule has 1 saturated carbocycles. The Labute approximate surface area is 193 Å². The second-order valence-electron chi connectivity index (χ2n) is 10.1. The summed E-state index contributed by atoms with van der Waals surface area (Å²) in [5.74, 6) is 0.667. The van der Waals surface area contributed by atoms with Gasteiger partial charge in [-0.25, -0.2) is 0 Å². The zero-order valence-electron chi connectivity index (χ0n) is 19.9. The Morgan fingerprint density at radius 3 is 2.53 bits per heavy atom. The lowest BCUT2D eigenvalue weighted by atomic mass is 9.89. The fourth-order valence-corrected chi connectivity index (χ4v) is 5.61. The second kappa shape index (κ2) is 12.0. The van der Waals surface area contributed by atoms with E-state index >= 15 is 0 Å². The van der Waals surface area contributed by atoms with Crippen LogP contribution in [0.5, 0.6) is 0 Å². The quantitative estimate of drug-likeness (QED) is 0.339. The van der Waals surface area contributed by atoms with Gasteiger partial charge < -0.3 is 23.7 Å². The van der Waals surface area contributed by atoms with Crippen LogP contribution in [0.2, 0.25) is 0 Å². The van der Waals surface area contributed by atoms with E-state index in [2.05, 4.69) is 26.0 Å². The first-order valence-electron chi connectivity index (χ1n) is 13.1. The third-order valence-electron chi connectivity index (χ3n) is 7.56. The number of unbranched alkanes of at least 4 members (excludes halogenated alkanes) is 1. The van der Waals surface area contributed by atoms with Crippen molar-refractivity contribution in [3.63, 3.8) is 0 Å². The lowest BCUT2D eigenvalue weighted by Crippen LogP contribution is -2.32. The van der Waals surface area contributed by atoms with Gasteiger partial charge in [-0.05, 0) is 50.9 Å². The molecule has 3 saturated heterocycles. The maximum Gasteiger partial charge on any atom is 0.306 e. The van der Waals surface area contributed by atoms with Gasteiger partial charge in [-0.2, -0.15) is 0 Å². The zero-order valence-corrected chi connectivity index (χ0v) is 19.9. The number of ether oxygens (including phenoxy) is 5. The van der Waals surface area contributed by atoms with Gasteiger partial charge in [-0.3, -0.25) is 4.79 Å². The maximum absolute atomic E-state index is 12.0. The van der Waals surface area contributed by atoms with Gasteiger partial charge in [0.05, 0.1) is 18.6 Å². The molecule has 0 aromatic carbocycles. The van der Waals surface area contributed by atoms with Crippen molar-refractivity contribution in [2.45, 2.75) is 115 Å². The van der Waals surface area contributed by atoms with Crippen LogP contribution >= 0.6 is 0 Å². The van der Waals surface area contributed by atoms with E-state index in [-0.39, 0.29) is 48.7 Å². The van der Waals surface area contributed by atoms with Crippen LogP contribution in [0.1, 0.15) is 84.5 Å². The van der Waals surface area contributed by atoms with Gasteiger partial charge in [0, 0.05) is 31.5 Å². The molecule has 8 atom stereocenters. The lowest BCUT2D eigenvalue weighted by molar-refractivity contribution is -0.194. The van der Waals surface area contributed by atoms with Gasteiger partial charge in [-0.15, -0.1) is 0 Å². The monoisotopic (exact) mass is 450 g/mol. The minimum absolute atomic E-state index is 0.00769. The number of carbonyl (C=O) groups excluding carboxylic acids is 1. The Morgan fingerprint density at radius 1 is 1.09 bits per heavy atom.